The van der Waals surface area contributed by atoms with Gasteiger partial charge in [0, 0.05) is 43.0 Å². The molecular weight excluding hydrogens is 470 g/mol. The molecular formula is C24H27N5O3S2. The Kier molecular flexibility index (Phi) is 6.35. The number of carbonyl (C=O) groups is 1. The summed E-state index contributed by atoms with van der Waals surface area (Å²) in [5.74, 6) is 0.416. The molecule has 1 aliphatic carbocycles. The Balaban J connectivity index is 1.51. The molecule has 2 unspecified atom stereocenters. The molecule has 2 atom stereocenters. The highest BCUT2D eigenvalue weighted by Crippen LogP contribution is 2.45. The van der Waals surface area contributed by atoms with Gasteiger partial charge in [0.1, 0.15) is 0 Å². The Morgan fingerprint density at radius 1 is 1.03 bits per heavy atom. The van der Waals surface area contributed by atoms with Gasteiger partial charge in [0.15, 0.2) is 20.7 Å². The van der Waals surface area contributed by atoms with Gasteiger partial charge in [-0.25, -0.2) is 23.4 Å². The summed E-state index contributed by atoms with van der Waals surface area (Å²) >= 11 is 1.53. The molecule has 1 saturated heterocycles. The minimum absolute atomic E-state index is 0.0260. The highest BCUT2D eigenvalue weighted by Gasteiger charge is 2.35. The fraction of sp³-hybridized carbons (Fsp3) is 0.417. The second kappa shape index (κ2) is 9.42. The van der Waals surface area contributed by atoms with Crippen LogP contribution in [-0.2, 0) is 14.6 Å². The van der Waals surface area contributed by atoms with Crippen molar-refractivity contribution in [3.63, 3.8) is 0 Å². The van der Waals surface area contributed by atoms with Gasteiger partial charge >= 0.3 is 0 Å². The summed E-state index contributed by atoms with van der Waals surface area (Å²) in [6.45, 7) is 1.01. The summed E-state index contributed by atoms with van der Waals surface area (Å²) in [6.07, 6.45) is 7.09. The van der Waals surface area contributed by atoms with E-state index in [0.717, 1.165) is 52.5 Å². The van der Waals surface area contributed by atoms with Crippen LogP contribution in [0.25, 0.3) is 21.3 Å². The van der Waals surface area contributed by atoms with Crippen molar-refractivity contribution in [3.8, 4) is 21.3 Å². The van der Waals surface area contributed by atoms with Gasteiger partial charge in [0.05, 0.1) is 22.1 Å². The number of hydrogen-bond acceptors (Lipinski definition) is 8. The average Bonchev–Trinajstić information content (AvgIpc) is 3.30. The molecule has 3 aromatic rings. The van der Waals surface area contributed by atoms with Gasteiger partial charge in [-0.15, -0.1) is 11.3 Å². The van der Waals surface area contributed by atoms with Crippen LogP contribution in [0.1, 0.15) is 37.3 Å². The van der Waals surface area contributed by atoms with E-state index in [1.165, 1.54) is 11.3 Å². The van der Waals surface area contributed by atoms with Crippen molar-refractivity contribution in [1.29, 1.82) is 0 Å². The molecule has 2 aliphatic rings. The van der Waals surface area contributed by atoms with Gasteiger partial charge in [-0.05, 0) is 36.6 Å². The van der Waals surface area contributed by atoms with Crippen molar-refractivity contribution >= 4 is 32.8 Å². The highest BCUT2D eigenvalue weighted by atomic mass is 32.2. The highest BCUT2D eigenvalue weighted by molar-refractivity contribution is 7.91. The number of benzene rings is 1. The number of carbonyl (C=O) groups excluding carboxylic acids is 1. The number of hydrogen-bond donors (Lipinski definition) is 1. The topological polar surface area (TPSA) is 119 Å². The third kappa shape index (κ3) is 4.69. The average molecular weight is 498 g/mol. The normalized spacial score (nSPS) is 22.4. The van der Waals surface area contributed by atoms with Crippen LogP contribution >= 0.6 is 11.3 Å². The van der Waals surface area contributed by atoms with Crippen molar-refractivity contribution in [3.05, 3.63) is 48.4 Å². The Morgan fingerprint density at radius 3 is 2.38 bits per heavy atom. The molecule has 2 fully saturated rings. The molecule has 1 saturated carbocycles. The molecule has 1 aliphatic heterocycles. The molecule has 0 spiro atoms. The number of nitrogens with zero attached hydrogens (tertiary/aromatic N) is 4. The van der Waals surface area contributed by atoms with E-state index in [0.29, 0.717) is 18.9 Å². The number of thiazole rings is 1. The second-order valence-electron chi connectivity index (χ2n) is 8.89. The van der Waals surface area contributed by atoms with E-state index in [1.807, 2.05) is 24.3 Å². The lowest BCUT2D eigenvalue weighted by molar-refractivity contribution is -0.123. The zero-order valence-corrected chi connectivity index (χ0v) is 20.4. The lowest BCUT2D eigenvalue weighted by Gasteiger charge is -2.29. The van der Waals surface area contributed by atoms with Gasteiger partial charge in [-0.1, -0.05) is 25.0 Å². The monoisotopic (exact) mass is 497 g/mol. The van der Waals surface area contributed by atoms with E-state index in [2.05, 4.69) is 14.9 Å². The predicted octanol–water partition coefficient (Wildman–Crippen LogP) is 3.26. The number of anilines is 1. The van der Waals surface area contributed by atoms with Crippen LogP contribution in [0.4, 0.5) is 5.69 Å². The maximum absolute atomic E-state index is 12.3. The smallest absolute Gasteiger partial charge is 0.221 e. The zero-order chi connectivity index (χ0) is 23.7. The van der Waals surface area contributed by atoms with E-state index >= 15 is 0 Å². The molecule has 0 radical (unpaired) electrons. The largest absolute Gasteiger partial charge is 0.369 e. The number of aromatic nitrogens is 3. The second-order valence-corrected chi connectivity index (χ2v) is 12.2. The Hall–Kier alpha value is -2.85. The van der Waals surface area contributed by atoms with Crippen LogP contribution in [0.5, 0.6) is 0 Å². The van der Waals surface area contributed by atoms with Gasteiger partial charge in [0.25, 0.3) is 0 Å². The first kappa shape index (κ1) is 22.9. The first-order valence-corrected chi connectivity index (χ1v) is 14.2. The summed E-state index contributed by atoms with van der Waals surface area (Å²) in [4.78, 5) is 29.1. The number of rotatable bonds is 5. The molecule has 178 valence electrons. The van der Waals surface area contributed by atoms with E-state index in [1.54, 1.807) is 18.5 Å². The molecule has 5 rings (SSSR count). The molecule has 8 nitrogen and oxygen atoms in total. The summed E-state index contributed by atoms with van der Waals surface area (Å²) in [5, 5.41) is 0.727. The number of amides is 1. The van der Waals surface area contributed by atoms with Crippen LogP contribution in [0.15, 0.2) is 42.7 Å². The minimum atomic E-state index is -2.93. The van der Waals surface area contributed by atoms with Crippen molar-refractivity contribution in [2.45, 2.75) is 31.6 Å². The maximum Gasteiger partial charge on any atom is 0.221 e. The number of nitrogens with two attached hydrogens (primary N) is 1. The molecule has 34 heavy (non-hydrogen) atoms. The maximum atomic E-state index is 12.3. The SMILES string of the molecule is NC(=O)C1CCCCC1c1nc(-c2ncccn2)sc1-c1ccc(N2CCS(=O)(=O)CC2)cc1. The molecule has 3 heterocycles. The van der Waals surface area contributed by atoms with E-state index in [9.17, 15) is 13.2 Å². The van der Waals surface area contributed by atoms with Crippen LogP contribution in [-0.4, -0.2) is 53.9 Å². The van der Waals surface area contributed by atoms with Crippen LogP contribution in [0.3, 0.4) is 0 Å². The van der Waals surface area contributed by atoms with Gasteiger partial charge in [-0.3, -0.25) is 4.79 Å². The first-order chi connectivity index (χ1) is 16.4. The number of sulfone groups is 1. The third-order valence-electron chi connectivity index (χ3n) is 6.73. The summed E-state index contributed by atoms with van der Waals surface area (Å²) < 4.78 is 23.5. The van der Waals surface area contributed by atoms with Crippen molar-refractivity contribution in [1.82, 2.24) is 15.0 Å². The standard InChI is InChI=1S/C24H27N5O3S2/c25-22(30)19-5-2-1-4-18(19)20-21(33-24(28-20)23-26-10-3-11-27-23)16-6-8-17(9-7-16)29-12-14-34(31,32)15-13-29/h3,6-11,18-19H,1-2,4-5,12-15H2,(H2,25,30). The lowest BCUT2D eigenvalue weighted by Crippen LogP contribution is -2.40. The quantitative estimate of drug-likeness (QED) is 0.574. The first-order valence-electron chi connectivity index (χ1n) is 11.5. The fourth-order valence-corrected chi connectivity index (χ4v) is 7.18. The Labute approximate surface area is 203 Å². The fourth-order valence-electron chi connectivity index (χ4n) is 4.89. The molecule has 1 amide bonds. The summed E-state index contributed by atoms with van der Waals surface area (Å²) in [6, 6.07) is 9.93. The van der Waals surface area contributed by atoms with E-state index < -0.39 is 9.84 Å². The van der Waals surface area contributed by atoms with Crippen molar-refractivity contribution in [2.24, 2.45) is 11.7 Å². The molecule has 0 bridgehead atoms. The zero-order valence-electron chi connectivity index (χ0n) is 18.8. The van der Waals surface area contributed by atoms with Crippen LogP contribution in [0.2, 0.25) is 0 Å². The molecule has 1 aromatic carbocycles. The van der Waals surface area contributed by atoms with Crippen LogP contribution < -0.4 is 10.6 Å². The van der Waals surface area contributed by atoms with E-state index in [4.69, 9.17) is 10.7 Å². The van der Waals surface area contributed by atoms with Gasteiger partial charge in [-0.2, -0.15) is 0 Å². The van der Waals surface area contributed by atoms with Gasteiger partial charge in [0.2, 0.25) is 5.91 Å². The lowest BCUT2D eigenvalue weighted by atomic mass is 9.76. The number of primary amides is 1. The molecule has 2 N–H and O–H groups in total. The van der Waals surface area contributed by atoms with Gasteiger partial charge < -0.3 is 10.6 Å². The minimum Gasteiger partial charge on any atom is -0.369 e. The molecule has 2 aromatic heterocycles. The van der Waals surface area contributed by atoms with Crippen molar-refractivity contribution < 1.29 is 13.2 Å². The summed E-state index contributed by atoms with van der Waals surface area (Å²) in [7, 11) is -2.93. The Morgan fingerprint density at radius 2 is 1.71 bits per heavy atom. The Bertz CT molecular complexity index is 1260. The molecule has 10 heteroatoms. The third-order valence-corrected chi connectivity index (χ3v) is 9.46. The van der Waals surface area contributed by atoms with E-state index in [-0.39, 0.29) is 29.2 Å². The van der Waals surface area contributed by atoms with Crippen molar-refractivity contribution in [2.75, 3.05) is 29.5 Å². The predicted molar refractivity (Wildman–Crippen MR) is 133 cm³/mol. The summed E-state index contributed by atoms with van der Waals surface area (Å²) in [5.41, 5.74) is 8.70. The van der Waals surface area contributed by atoms with Crippen LogP contribution in [0, 0.1) is 5.92 Å².